The molecule has 0 radical (unpaired) electrons. The molecule has 0 aliphatic heterocycles. The summed E-state index contributed by atoms with van der Waals surface area (Å²) < 4.78 is 1.46. The van der Waals surface area contributed by atoms with Gasteiger partial charge in [-0.2, -0.15) is 5.10 Å². The van der Waals surface area contributed by atoms with Gasteiger partial charge in [0.1, 0.15) is 5.69 Å². The van der Waals surface area contributed by atoms with Crippen LogP contribution in [0.15, 0.2) is 11.6 Å². The van der Waals surface area contributed by atoms with Crippen molar-refractivity contribution in [3.05, 3.63) is 27.4 Å². The van der Waals surface area contributed by atoms with Gasteiger partial charge < -0.3 is 5.32 Å². The number of nitro groups is 1. The molecule has 0 atom stereocenters. The second-order valence-electron chi connectivity index (χ2n) is 3.65. The molecule has 0 aliphatic carbocycles. The highest BCUT2D eigenvalue weighted by atomic mass is 35.5. The lowest BCUT2D eigenvalue weighted by atomic mass is 10.2. The highest BCUT2D eigenvalue weighted by molar-refractivity contribution is 6.29. The van der Waals surface area contributed by atoms with E-state index in [1.54, 1.807) is 7.05 Å². The van der Waals surface area contributed by atoms with E-state index in [-0.39, 0.29) is 12.2 Å². The summed E-state index contributed by atoms with van der Waals surface area (Å²) in [6.45, 7) is 5.74. The van der Waals surface area contributed by atoms with Crippen molar-refractivity contribution in [3.63, 3.8) is 0 Å². The summed E-state index contributed by atoms with van der Waals surface area (Å²) in [5, 5.41) is 18.4. The molecule has 0 unspecified atom stereocenters. The van der Waals surface area contributed by atoms with Crippen LogP contribution in [0.25, 0.3) is 0 Å². The number of hydrogen-bond acceptors (Lipinski definition) is 4. The summed E-state index contributed by atoms with van der Waals surface area (Å²) >= 11 is 5.62. The van der Waals surface area contributed by atoms with Crippen LogP contribution in [0.5, 0.6) is 0 Å². The molecule has 1 N–H and O–H groups in total. The fraction of sp³-hybridized carbons (Fsp3) is 0.500. The molecule has 0 spiro atoms. The smallest absolute Gasteiger partial charge is 0.334 e. The van der Waals surface area contributed by atoms with Crippen LogP contribution >= 0.6 is 11.6 Å². The highest BCUT2D eigenvalue weighted by Gasteiger charge is 2.25. The molecule has 1 rings (SSSR count). The molecule has 7 heteroatoms. The second-order valence-corrected chi connectivity index (χ2v) is 4.18. The Hall–Kier alpha value is -1.56. The van der Waals surface area contributed by atoms with Gasteiger partial charge in [-0.25, -0.2) is 4.68 Å². The van der Waals surface area contributed by atoms with Crippen molar-refractivity contribution >= 4 is 23.1 Å². The van der Waals surface area contributed by atoms with E-state index >= 15 is 0 Å². The monoisotopic (exact) mass is 258 g/mol. The predicted molar refractivity (Wildman–Crippen MR) is 67.3 cm³/mol. The van der Waals surface area contributed by atoms with Crippen molar-refractivity contribution in [2.75, 3.05) is 11.9 Å². The van der Waals surface area contributed by atoms with Gasteiger partial charge in [0, 0.05) is 12.1 Å². The molecular weight excluding hydrogens is 244 g/mol. The van der Waals surface area contributed by atoms with Crippen molar-refractivity contribution in [3.8, 4) is 0 Å². The zero-order chi connectivity index (χ0) is 13.0. The van der Waals surface area contributed by atoms with Gasteiger partial charge in [-0.05, 0) is 6.42 Å². The van der Waals surface area contributed by atoms with E-state index in [4.69, 9.17) is 11.6 Å². The van der Waals surface area contributed by atoms with Crippen LogP contribution in [0.4, 0.5) is 11.5 Å². The van der Waals surface area contributed by atoms with Crippen LogP contribution in [-0.2, 0) is 13.5 Å². The third-order valence-electron chi connectivity index (χ3n) is 2.21. The number of aryl methyl sites for hydroxylation is 2. The Morgan fingerprint density at radius 1 is 1.71 bits per heavy atom. The lowest BCUT2D eigenvalue weighted by molar-refractivity contribution is -0.384. The quantitative estimate of drug-likeness (QED) is 0.628. The maximum absolute atomic E-state index is 11.0. The number of nitrogens with zero attached hydrogens (tertiary/aromatic N) is 3. The number of anilines is 1. The minimum absolute atomic E-state index is 0.0206. The average molecular weight is 259 g/mol. The fourth-order valence-corrected chi connectivity index (χ4v) is 1.61. The number of aromatic nitrogens is 2. The summed E-state index contributed by atoms with van der Waals surface area (Å²) in [4.78, 5) is 10.6. The summed E-state index contributed by atoms with van der Waals surface area (Å²) in [6, 6.07) is 0. The van der Waals surface area contributed by atoms with Gasteiger partial charge in [-0.3, -0.25) is 10.1 Å². The van der Waals surface area contributed by atoms with Crippen LogP contribution in [-0.4, -0.2) is 21.2 Å². The van der Waals surface area contributed by atoms with Crippen molar-refractivity contribution in [2.24, 2.45) is 7.05 Å². The van der Waals surface area contributed by atoms with Crippen LogP contribution in [0.2, 0.25) is 0 Å². The van der Waals surface area contributed by atoms with Crippen LogP contribution in [0.1, 0.15) is 19.0 Å². The first-order valence-corrected chi connectivity index (χ1v) is 5.62. The largest absolute Gasteiger partial charge is 0.360 e. The van der Waals surface area contributed by atoms with E-state index in [1.165, 1.54) is 4.68 Å². The van der Waals surface area contributed by atoms with Gasteiger partial charge in [-0.1, -0.05) is 31.5 Å². The number of rotatable bonds is 6. The summed E-state index contributed by atoms with van der Waals surface area (Å²) in [5.41, 5.74) is 0.509. The SMILES string of the molecule is C=C(Cl)CNc1c([N+](=O)[O-])c(CCC)nn1C. The molecule has 0 aromatic carbocycles. The minimum Gasteiger partial charge on any atom is -0.360 e. The van der Waals surface area contributed by atoms with Crippen molar-refractivity contribution in [1.29, 1.82) is 0 Å². The Kier molecular flexibility index (Phi) is 4.51. The molecule has 0 fully saturated rings. The molecule has 94 valence electrons. The van der Waals surface area contributed by atoms with Gasteiger partial charge in [-0.15, -0.1) is 0 Å². The fourth-order valence-electron chi connectivity index (χ4n) is 1.54. The molecular formula is C10H15ClN4O2. The van der Waals surface area contributed by atoms with Gasteiger partial charge in [0.05, 0.1) is 11.5 Å². The normalized spacial score (nSPS) is 10.3. The topological polar surface area (TPSA) is 73.0 Å². The van der Waals surface area contributed by atoms with Crippen molar-refractivity contribution in [1.82, 2.24) is 9.78 Å². The van der Waals surface area contributed by atoms with E-state index in [2.05, 4.69) is 17.0 Å². The Bertz CT molecular complexity index is 442. The third-order valence-corrected chi connectivity index (χ3v) is 2.34. The molecule has 1 aromatic heterocycles. The van der Waals surface area contributed by atoms with Crippen LogP contribution in [0.3, 0.4) is 0 Å². The summed E-state index contributed by atoms with van der Waals surface area (Å²) in [5.74, 6) is 0.361. The number of halogens is 1. The molecule has 0 amide bonds. The standard InChI is InChI=1S/C10H15ClN4O2/c1-4-5-8-9(15(16)17)10(14(3)13-8)12-6-7(2)11/h12H,2,4-6H2,1,3H3. The molecule has 0 saturated carbocycles. The number of nitrogens with one attached hydrogen (secondary N) is 1. The zero-order valence-electron chi connectivity index (χ0n) is 9.86. The highest BCUT2D eigenvalue weighted by Crippen LogP contribution is 2.29. The molecule has 0 saturated heterocycles. The van der Waals surface area contributed by atoms with Gasteiger partial charge in [0.2, 0.25) is 5.82 Å². The Balaban J connectivity index is 3.08. The molecule has 0 aliphatic rings. The first-order chi connectivity index (χ1) is 7.97. The van der Waals surface area contributed by atoms with Gasteiger partial charge in [0.15, 0.2) is 0 Å². The van der Waals surface area contributed by atoms with E-state index < -0.39 is 4.92 Å². The predicted octanol–water partition coefficient (Wildman–Crippen LogP) is 2.45. The maximum Gasteiger partial charge on any atom is 0.334 e. The second kappa shape index (κ2) is 5.67. The minimum atomic E-state index is -0.419. The number of hydrogen-bond donors (Lipinski definition) is 1. The van der Waals surface area contributed by atoms with E-state index in [1.807, 2.05) is 6.92 Å². The lowest BCUT2D eigenvalue weighted by Gasteiger charge is -2.04. The van der Waals surface area contributed by atoms with E-state index in [0.29, 0.717) is 23.0 Å². The molecule has 17 heavy (non-hydrogen) atoms. The van der Waals surface area contributed by atoms with Gasteiger partial charge in [0.25, 0.3) is 0 Å². The molecule has 1 heterocycles. The van der Waals surface area contributed by atoms with Crippen LogP contribution in [0, 0.1) is 10.1 Å². The average Bonchev–Trinajstić information content (AvgIpc) is 2.52. The third kappa shape index (κ3) is 3.20. The van der Waals surface area contributed by atoms with E-state index in [9.17, 15) is 10.1 Å². The maximum atomic E-state index is 11.0. The first-order valence-electron chi connectivity index (χ1n) is 5.24. The first kappa shape index (κ1) is 13.5. The van der Waals surface area contributed by atoms with E-state index in [0.717, 1.165) is 6.42 Å². The molecule has 0 bridgehead atoms. The van der Waals surface area contributed by atoms with Crippen LogP contribution < -0.4 is 5.32 Å². The Morgan fingerprint density at radius 3 is 2.82 bits per heavy atom. The Morgan fingerprint density at radius 2 is 2.35 bits per heavy atom. The Labute approximate surface area is 104 Å². The zero-order valence-corrected chi connectivity index (χ0v) is 10.6. The van der Waals surface area contributed by atoms with Crippen molar-refractivity contribution < 1.29 is 4.92 Å². The molecule has 1 aromatic rings. The van der Waals surface area contributed by atoms with Crippen molar-refractivity contribution in [2.45, 2.75) is 19.8 Å². The summed E-state index contributed by atoms with van der Waals surface area (Å²) in [6.07, 6.45) is 1.38. The lowest BCUT2D eigenvalue weighted by Crippen LogP contribution is -2.07. The summed E-state index contributed by atoms with van der Waals surface area (Å²) in [7, 11) is 1.66. The van der Waals surface area contributed by atoms with Gasteiger partial charge >= 0.3 is 5.69 Å². The molecule has 6 nitrogen and oxygen atoms in total.